The van der Waals surface area contributed by atoms with Gasteiger partial charge in [-0.05, 0) is 47.1 Å². The summed E-state index contributed by atoms with van der Waals surface area (Å²) >= 11 is 3.37. The van der Waals surface area contributed by atoms with E-state index in [1.54, 1.807) is 6.07 Å². The fraction of sp³-hybridized carbons (Fsp3) is 0.538. The maximum absolute atomic E-state index is 12.5. The molecule has 0 heterocycles. The Morgan fingerprint density at radius 2 is 2.00 bits per heavy atom. The molecule has 1 rings (SSSR count). The molecule has 4 nitrogen and oxygen atoms in total. The van der Waals surface area contributed by atoms with Crippen LogP contribution in [0.5, 0.6) is 0 Å². The van der Waals surface area contributed by atoms with Gasteiger partial charge in [0.05, 0.1) is 4.90 Å². The summed E-state index contributed by atoms with van der Waals surface area (Å²) in [5.74, 6) is 0. The number of nitrogens with zero attached hydrogens (tertiary/aromatic N) is 1. The molecular weight excluding hydrogens is 328 g/mol. The first-order chi connectivity index (χ1) is 8.97. The average Bonchev–Trinajstić information content (AvgIpc) is 2.35. The maximum atomic E-state index is 12.5. The molecule has 0 amide bonds. The van der Waals surface area contributed by atoms with Crippen molar-refractivity contribution in [2.75, 3.05) is 20.1 Å². The third kappa shape index (κ3) is 4.02. The van der Waals surface area contributed by atoms with Crippen molar-refractivity contribution < 1.29 is 8.42 Å². The summed E-state index contributed by atoms with van der Waals surface area (Å²) in [5, 5.41) is 3.04. The van der Waals surface area contributed by atoms with Gasteiger partial charge in [0.2, 0.25) is 10.0 Å². The van der Waals surface area contributed by atoms with E-state index in [-0.39, 0.29) is 0 Å². The van der Waals surface area contributed by atoms with Gasteiger partial charge in [0.1, 0.15) is 0 Å². The molecule has 1 N–H and O–H groups in total. The number of rotatable bonds is 7. The first kappa shape index (κ1) is 16.6. The van der Waals surface area contributed by atoms with Crippen LogP contribution in [0.15, 0.2) is 27.6 Å². The van der Waals surface area contributed by atoms with Crippen molar-refractivity contribution in [2.24, 2.45) is 0 Å². The van der Waals surface area contributed by atoms with E-state index in [1.807, 2.05) is 33.0 Å². The number of halogens is 1. The minimum absolute atomic E-state index is 0.336. The van der Waals surface area contributed by atoms with Crippen molar-refractivity contribution in [1.29, 1.82) is 0 Å². The van der Waals surface area contributed by atoms with Crippen molar-refractivity contribution >= 4 is 26.0 Å². The fourth-order valence-electron chi connectivity index (χ4n) is 1.90. The normalized spacial score (nSPS) is 12.1. The predicted molar refractivity (Wildman–Crippen MR) is 81.6 cm³/mol. The topological polar surface area (TPSA) is 49.4 Å². The van der Waals surface area contributed by atoms with Crippen LogP contribution in [0, 0.1) is 0 Å². The van der Waals surface area contributed by atoms with Crippen molar-refractivity contribution in [3.63, 3.8) is 0 Å². The number of sulfonamides is 1. The standard InChI is InChI=1S/C13H21BrN2O2S/c1-4-8-16(5-2)19(17,18)13-7-6-11(10-15-3)9-12(13)14/h6-7,9,15H,4-5,8,10H2,1-3H3. The molecule has 0 aliphatic rings. The van der Waals surface area contributed by atoms with E-state index in [9.17, 15) is 8.42 Å². The van der Waals surface area contributed by atoms with Gasteiger partial charge in [0.25, 0.3) is 0 Å². The quantitative estimate of drug-likeness (QED) is 0.823. The highest BCUT2D eigenvalue weighted by Gasteiger charge is 2.24. The lowest BCUT2D eigenvalue weighted by Gasteiger charge is -2.20. The monoisotopic (exact) mass is 348 g/mol. The molecule has 108 valence electrons. The van der Waals surface area contributed by atoms with Crippen LogP contribution in [-0.4, -0.2) is 32.9 Å². The zero-order valence-electron chi connectivity index (χ0n) is 11.6. The van der Waals surface area contributed by atoms with Crippen LogP contribution >= 0.6 is 15.9 Å². The molecule has 0 unspecified atom stereocenters. The molecule has 0 spiro atoms. The van der Waals surface area contributed by atoms with Crippen LogP contribution in [0.2, 0.25) is 0 Å². The molecule has 1 aromatic rings. The Labute approximate surface area is 124 Å². The van der Waals surface area contributed by atoms with Crippen molar-refractivity contribution in [3.05, 3.63) is 28.2 Å². The molecule has 0 atom stereocenters. The van der Waals surface area contributed by atoms with Gasteiger partial charge >= 0.3 is 0 Å². The summed E-state index contributed by atoms with van der Waals surface area (Å²) in [6, 6.07) is 5.36. The Morgan fingerprint density at radius 3 is 2.47 bits per heavy atom. The van der Waals surface area contributed by atoms with E-state index in [2.05, 4.69) is 21.2 Å². The Bertz CT molecular complexity index is 517. The predicted octanol–water partition coefficient (Wildman–Crippen LogP) is 2.59. The minimum Gasteiger partial charge on any atom is -0.316 e. The number of hydrogen-bond acceptors (Lipinski definition) is 3. The van der Waals surface area contributed by atoms with Crippen molar-refractivity contribution in [1.82, 2.24) is 9.62 Å². The van der Waals surface area contributed by atoms with Gasteiger partial charge in [0, 0.05) is 24.1 Å². The SMILES string of the molecule is CCCN(CC)S(=O)(=O)c1ccc(CNC)cc1Br. The van der Waals surface area contributed by atoms with Crippen molar-refractivity contribution in [2.45, 2.75) is 31.7 Å². The Hall–Kier alpha value is -0.430. The summed E-state index contributed by atoms with van der Waals surface area (Å²) in [6.45, 7) is 5.58. The van der Waals surface area contributed by atoms with E-state index < -0.39 is 10.0 Å². The van der Waals surface area contributed by atoms with E-state index >= 15 is 0 Å². The Morgan fingerprint density at radius 1 is 1.32 bits per heavy atom. The average molecular weight is 349 g/mol. The second-order valence-corrected chi connectivity index (χ2v) is 7.05. The van der Waals surface area contributed by atoms with E-state index in [0.29, 0.717) is 29.0 Å². The first-order valence-corrected chi connectivity index (χ1v) is 8.63. The molecule has 1 aromatic carbocycles. The molecule has 0 aromatic heterocycles. The Balaban J connectivity index is 3.14. The lowest BCUT2D eigenvalue weighted by molar-refractivity contribution is 0.427. The third-order valence-electron chi connectivity index (χ3n) is 2.82. The van der Waals surface area contributed by atoms with Crippen LogP contribution in [0.4, 0.5) is 0 Å². The minimum atomic E-state index is -3.41. The molecule has 0 aliphatic heterocycles. The lowest BCUT2D eigenvalue weighted by Crippen LogP contribution is -2.31. The van der Waals surface area contributed by atoms with Gasteiger partial charge in [-0.1, -0.05) is 19.9 Å². The van der Waals surface area contributed by atoms with Gasteiger partial charge in [0.15, 0.2) is 0 Å². The molecular formula is C13H21BrN2O2S. The van der Waals surface area contributed by atoms with Crippen LogP contribution in [-0.2, 0) is 16.6 Å². The van der Waals surface area contributed by atoms with Gasteiger partial charge in [-0.3, -0.25) is 0 Å². The zero-order valence-corrected chi connectivity index (χ0v) is 14.0. The van der Waals surface area contributed by atoms with Gasteiger partial charge in [-0.25, -0.2) is 8.42 Å². The largest absolute Gasteiger partial charge is 0.316 e. The lowest BCUT2D eigenvalue weighted by atomic mass is 10.2. The summed E-state index contributed by atoms with van der Waals surface area (Å²) in [4.78, 5) is 0.336. The number of benzene rings is 1. The third-order valence-corrected chi connectivity index (χ3v) is 5.77. The molecule has 0 radical (unpaired) electrons. The summed E-state index contributed by atoms with van der Waals surface area (Å²) in [5.41, 5.74) is 1.05. The van der Waals surface area contributed by atoms with Crippen LogP contribution in [0.25, 0.3) is 0 Å². The molecule has 0 fully saturated rings. The zero-order chi connectivity index (χ0) is 14.5. The smallest absolute Gasteiger partial charge is 0.244 e. The number of nitrogens with one attached hydrogen (secondary N) is 1. The second-order valence-electron chi connectivity index (χ2n) is 4.29. The van der Waals surface area contributed by atoms with Gasteiger partial charge in [-0.2, -0.15) is 4.31 Å². The Kier molecular flexibility index (Phi) is 6.46. The van der Waals surface area contributed by atoms with Gasteiger partial charge in [-0.15, -0.1) is 0 Å². The van der Waals surface area contributed by atoms with Crippen molar-refractivity contribution in [3.8, 4) is 0 Å². The van der Waals surface area contributed by atoms with Crippen LogP contribution in [0.3, 0.4) is 0 Å². The molecule has 0 bridgehead atoms. The molecule has 6 heteroatoms. The second kappa shape index (κ2) is 7.38. The molecule has 19 heavy (non-hydrogen) atoms. The summed E-state index contributed by atoms with van der Waals surface area (Å²) in [7, 11) is -1.55. The fourth-order valence-corrected chi connectivity index (χ4v) is 4.53. The molecule has 0 saturated carbocycles. The van der Waals surface area contributed by atoms with E-state index in [0.717, 1.165) is 12.0 Å². The number of hydrogen-bond donors (Lipinski definition) is 1. The van der Waals surface area contributed by atoms with E-state index in [4.69, 9.17) is 0 Å². The summed E-state index contributed by atoms with van der Waals surface area (Å²) < 4.78 is 27.2. The molecule has 0 aliphatic carbocycles. The maximum Gasteiger partial charge on any atom is 0.244 e. The van der Waals surface area contributed by atoms with Crippen LogP contribution < -0.4 is 5.32 Å². The molecule has 0 saturated heterocycles. The van der Waals surface area contributed by atoms with Crippen LogP contribution in [0.1, 0.15) is 25.8 Å². The highest BCUT2D eigenvalue weighted by Crippen LogP contribution is 2.26. The highest BCUT2D eigenvalue weighted by atomic mass is 79.9. The highest BCUT2D eigenvalue weighted by molar-refractivity contribution is 9.10. The van der Waals surface area contributed by atoms with Gasteiger partial charge < -0.3 is 5.32 Å². The summed E-state index contributed by atoms with van der Waals surface area (Å²) in [6.07, 6.45) is 0.808. The van der Waals surface area contributed by atoms with E-state index in [1.165, 1.54) is 4.31 Å². The first-order valence-electron chi connectivity index (χ1n) is 6.40.